The minimum absolute atomic E-state index is 0.142. The highest BCUT2D eigenvalue weighted by molar-refractivity contribution is 6.04. The maximum atomic E-state index is 12.5. The Morgan fingerprint density at radius 1 is 0.871 bits per heavy atom. The highest BCUT2D eigenvalue weighted by Gasteiger charge is 2.16. The predicted octanol–water partition coefficient (Wildman–Crippen LogP) is 5.85. The van der Waals surface area contributed by atoms with E-state index in [0.717, 1.165) is 55.6 Å². The van der Waals surface area contributed by atoms with Crippen molar-refractivity contribution in [3.05, 3.63) is 54.1 Å². The van der Waals surface area contributed by atoms with Crippen LogP contribution >= 0.6 is 0 Å². The molecule has 1 aliphatic carbocycles. The van der Waals surface area contributed by atoms with Crippen LogP contribution in [0.4, 0.5) is 5.69 Å². The lowest BCUT2D eigenvalue weighted by Crippen LogP contribution is -2.16. The Morgan fingerprint density at radius 3 is 2.29 bits per heavy atom. The Balaban J connectivity index is 1.20. The maximum absolute atomic E-state index is 12.5. The van der Waals surface area contributed by atoms with Gasteiger partial charge in [0.1, 0.15) is 18.1 Å². The number of ether oxygens (including phenoxy) is 3. The Hall–Kier alpha value is -2.53. The van der Waals surface area contributed by atoms with Crippen molar-refractivity contribution in [3.8, 4) is 11.5 Å². The SMILES string of the molecule is O=C(Nc1ccc(OCCC2CCCCC2)cc1)c1ccc(OCC2CCCO2)cc1. The van der Waals surface area contributed by atoms with E-state index < -0.39 is 0 Å². The summed E-state index contributed by atoms with van der Waals surface area (Å²) in [5.41, 5.74) is 1.35. The van der Waals surface area contributed by atoms with Crippen LogP contribution < -0.4 is 14.8 Å². The van der Waals surface area contributed by atoms with Gasteiger partial charge >= 0.3 is 0 Å². The average Bonchev–Trinajstić information content (AvgIpc) is 3.34. The van der Waals surface area contributed by atoms with E-state index in [-0.39, 0.29) is 12.0 Å². The molecule has 4 rings (SSSR count). The summed E-state index contributed by atoms with van der Waals surface area (Å²) in [6, 6.07) is 14.8. The van der Waals surface area contributed by atoms with Crippen molar-refractivity contribution >= 4 is 11.6 Å². The fraction of sp³-hybridized carbons (Fsp3) is 0.500. The zero-order chi connectivity index (χ0) is 21.3. The van der Waals surface area contributed by atoms with Gasteiger partial charge < -0.3 is 19.5 Å². The molecule has 2 aromatic rings. The molecule has 1 saturated heterocycles. The van der Waals surface area contributed by atoms with Gasteiger partial charge in [-0.15, -0.1) is 0 Å². The monoisotopic (exact) mass is 423 g/mol. The number of hydrogen-bond donors (Lipinski definition) is 1. The lowest BCUT2D eigenvalue weighted by atomic mass is 9.87. The second-order valence-electron chi connectivity index (χ2n) is 8.59. The molecule has 2 fully saturated rings. The zero-order valence-corrected chi connectivity index (χ0v) is 18.2. The number of amides is 1. The number of hydrogen-bond acceptors (Lipinski definition) is 4. The summed E-state index contributed by atoms with van der Waals surface area (Å²) in [5.74, 6) is 2.28. The van der Waals surface area contributed by atoms with Crippen LogP contribution in [0.25, 0.3) is 0 Å². The summed E-state index contributed by atoms with van der Waals surface area (Å²) < 4.78 is 17.2. The summed E-state index contributed by atoms with van der Waals surface area (Å²) in [7, 11) is 0. The Kier molecular flexibility index (Phi) is 7.83. The van der Waals surface area contributed by atoms with Crippen molar-refractivity contribution in [2.75, 3.05) is 25.1 Å². The molecule has 31 heavy (non-hydrogen) atoms. The van der Waals surface area contributed by atoms with Crippen LogP contribution in [-0.4, -0.2) is 31.8 Å². The van der Waals surface area contributed by atoms with E-state index in [1.165, 1.54) is 32.1 Å². The van der Waals surface area contributed by atoms with Gasteiger partial charge in [-0.05, 0) is 73.7 Å². The lowest BCUT2D eigenvalue weighted by molar-refractivity contribution is 0.0679. The summed E-state index contributed by atoms with van der Waals surface area (Å²) in [6.07, 6.45) is 10.3. The molecule has 0 spiro atoms. The highest BCUT2D eigenvalue weighted by Crippen LogP contribution is 2.26. The van der Waals surface area contributed by atoms with Gasteiger partial charge in [0.05, 0.1) is 12.7 Å². The molecule has 0 bridgehead atoms. The molecule has 5 heteroatoms. The van der Waals surface area contributed by atoms with E-state index in [1.807, 2.05) is 36.4 Å². The number of rotatable bonds is 9. The van der Waals surface area contributed by atoms with Crippen LogP contribution in [0, 0.1) is 5.92 Å². The number of carbonyl (C=O) groups is 1. The molecular formula is C26H33NO4. The van der Waals surface area contributed by atoms with Crippen LogP contribution in [0.2, 0.25) is 0 Å². The van der Waals surface area contributed by atoms with E-state index >= 15 is 0 Å². The van der Waals surface area contributed by atoms with Crippen LogP contribution in [0.3, 0.4) is 0 Å². The molecule has 0 aromatic heterocycles. The van der Waals surface area contributed by atoms with Gasteiger partial charge in [-0.1, -0.05) is 32.1 Å². The first-order valence-electron chi connectivity index (χ1n) is 11.6. The minimum atomic E-state index is -0.142. The molecular weight excluding hydrogens is 390 g/mol. The number of anilines is 1. The van der Waals surface area contributed by atoms with Gasteiger partial charge in [-0.25, -0.2) is 0 Å². The van der Waals surface area contributed by atoms with Crippen molar-refractivity contribution in [1.29, 1.82) is 0 Å². The van der Waals surface area contributed by atoms with E-state index in [2.05, 4.69) is 5.32 Å². The second kappa shape index (κ2) is 11.2. The topological polar surface area (TPSA) is 56.8 Å². The summed E-state index contributed by atoms with van der Waals surface area (Å²) >= 11 is 0. The quantitative estimate of drug-likeness (QED) is 0.550. The first-order valence-corrected chi connectivity index (χ1v) is 11.6. The molecule has 2 aliphatic rings. The summed E-state index contributed by atoms with van der Waals surface area (Å²) in [5, 5.41) is 2.93. The smallest absolute Gasteiger partial charge is 0.255 e. The summed E-state index contributed by atoms with van der Waals surface area (Å²) in [6.45, 7) is 2.14. The fourth-order valence-corrected chi connectivity index (χ4v) is 4.32. The van der Waals surface area contributed by atoms with Crippen molar-refractivity contribution < 1.29 is 19.0 Å². The van der Waals surface area contributed by atoms with Crippen molar-refractivity contribution in [2.45, 2.75) is 57.5 Å². The minimum Gasteiger partial charge on any atom is -0.494 e. The first-order chi connectivity index (χ1) is 15.3. The third kappa shape index (κ3) is 6.73. The molecule has 5 nitrogen and oxygen atoms in total. The predicted molar refractivity (Wildman–Crippen MR) is 122 cm³/mol. The Labute approximate surface area is 185 Å². The molecule has 1 atom stereocenters. The van der Waals surface area contributed by atoms with Crippen LogP contribution in [0.5, 0.6) is 11.5 Å². The van der Waals surface area contributed by atoms with Gasteiger partial charge in [0, 0.05) is 17.9 Å². The molecule has 1 aliphatic heterocycles. The van der Waals surface area contributed by atoms with E-state index in [1.54, 1.807) is 12.1 Å². The van der Waals surface area contributed by atoms with E-state index in [9.17, 15) is 4.79 Å². The number of benzene rings is 2. The molecule has 166 valence electrons. The molecule has 1 N–H and O–H groups in total. The zero-order valence-electron chi connectivity index (χ0n) is 18.2. The van der Waals surface area contributed by atoms with Gasteiger partial charge in [0.25, 0.3) is 5.91 Å². The van der Waals surface area contributed by atoms with E-state index in [0.29, 0.717) is 12.2 Å². The van der Waals surface area contributed by atoms with Crippen LogP contribution in [0.1, 0.15) is 61.7 Å². The molecule has 1 saturated carbocycles. The second-order valence-corrected chi connectivity index (χ2v) is 8.59. The van der Waals surface area contributed by atoms with Crippen LogP contribution in [-0.2, 0) is 4.74 Å². The molecule has 1 unspecified atom stereocenters. The maximum Gasteiger partial charge on any atom is 0.255 e. The molecule has 0 radical (unpaired) electrons. The number of carbonyl (C=O) groups excluding carboxylic acids is 1. The van der Waals surface area contributed by atoms with Gasteiger partial charge in [-0.3, -0.25) is 4.79 Å². The third-order valence-electron chi connectivity index (χ3n) is 6.21. The Bertz CT molecular complexity index is 806. The standard InChI is InChI=1S/C26H33NO4/c28-26(21-8-12-24(13-9-21)31-19-25-7-4-17-29-25)27-22-10-14-23(15-11-22)30-18-16-20-5-2-1-3-6-20/h8-15,20,25H,1-7,16-19H2,(H,27,28). The Morgan fingerprint density at radius 2 is 1.58 bits per heavy atom. The normalized spacial score (nSPS) is 19.2. The van der Waals surface area contributed by atoms with Crippen LogP contribution in [0.15, 0.2) is 48.5 Å². The molecule has 2 aromatic carbocycles. The first kappa shape index (κ1) is 21.7. The van der Waals surface area contributed by atoms with Crippen molar-refractivity contribution in [2.24, 2.45) is 5.92 Å². The number of nitrogens with one attached hydrogen (secondary N) is 1. The largest absolute Gasteiger partial charge is 0.494 e. The van der Waals surface area contributed by atoms with Crippen molar-refractivity contribution in [3.63, 3.8) is 0 Å². The third-order valence-corrected chi connectivity index (χ3v) is 6.21. The van der Waals surface area contributed by atoms with Gasteiger partial charge in [0.2, 0.25) is 0 Å². The lowest BCUT2D eigenvalue weighted by Gasteiger charge is -2.21. The molecule has 1 heterocycles. The van der Waals surface area contributed by atoms with Gasteiger partial charge in [0.15, 0.2) is 0 Å². The fourth-order valence-electron chi connectivity index (χ4n) is 4.32. The average molecular weight is 424 g/mol. The summed E-state index contributed by atoms with van der Waals surface area (Å²) in [4.78, 5) is 12.5. The van der Waals surface area contributed by atoms with E-state index in [4.69, 9.17) is 14.2 Å². The van der Waals surface area contributed by atoms with Gasteiger partial charge in [-0.2, -0.15) is 0 Å². The molecule has 1 amide bonds. The van der Waals surface area contributed by atoms with Crippen molar-refractivity contribution in [1.82, 2.24) is 0 Å². The highest BCUT2D eigenvalue weighted by atomic mass is 16.5.